The lowest BCUT2D eigenvalue weighted by Crippen LogP contribution is -2.15. The van der Waals surface area contributed by atoms with Crippen molar-refractivity contribution in [3.63, 3.8) is 0 Å². The van der Waals surface area contributed by atoms with Crippen molar-refractivity contribution in [1.82, 2.24) is 0 Å². The van der Waals surface area contributed by atoms with E-state index in [1.165, 1.54) is 0 Å². The summed E-state index contributed by atoms with van der Waals surface area (Å²) < 4.78 is 0. The van der Waals surface area contributed by atoms with Gasteiger partial charge >= 0.3 is 0 Å². The number of thiocarbonyl (C=S) groups is 1. The zero-order valence-electron chi connectivity index (χ0n) is 9.45. The largest absolute Gasteiger partial charge is 0.389 e. The Morgan fingerprint density at radius 1 is 1.44 bits per heavy atom. The summed E-state index contributed by atoms with van der Waals surface area (Å²) >= 11 is 8.58. The molecule has 16 heavy (non-hydrogen) atoms. The van der Waals surface area contributed by atoms with Crippen LogP contribution in [0.2, 0.25) is 0 Å². The molecule has 0 fully saturated rings. The molecule has 0 radical (unpaired) electrons. The lowest BCUT2D eigenvalue weighted by molar-refractivity contribution is 1.21. The molecule has 0 atom stereocenters. The van der Waals surface area contributed by atoms with Crippen molar-refractivity contribution in [3.8, 4) is 0 Å². The highest BCUT2D eigenvalue weighted by molar-refractivity contribution is 7.99. The Kier molecular flexibility index (Phi) is 6.01. The summed E-state index contributed by atoms with van der Waals surface area (Å²) in [5.74, 6) is 1.07. The maximum Gasteiger partial charge on any atom is 0.107 e. The van der Waals surface area contributed by atoms with E-state index in [1.54, 1.807) is 11.8 Å². The lowest BCUT2D eigenvalue weighted by atomic mass is 10.1. The van der Waals surface area contributed by atoms with Crippen LogP contribution in [0.25, 0.3) is 0 Å². The Bertz CT molecular complexity index is 366. The van der Waals surface area contributed by atoms with Gasteiger partial charge in [0.2, 0.25) is 0 Å². The van der Waals surface area contributed by atoms with Gasteiger partial charge in [-0.1, -0.05) is 18.3 Å². The van der Waals surface area contributed by atoms with Crippen molar-refractivity contribution >= 4 is 46.4 Å². The topological polar surface area (TPSA) is 38.0 Å². The van der Waals surface area contributed by atoms with Gasteiger partial charge in [0, 0.05) is 28.4 Å². The molecule has 3 N–H and O–H groups in total. The van der Waals surface area contributed by atoms with E-state index >= 15 is 0 Å². The van der Waals surface area contributed by atoms with Crippen molar-refractivity contribution in [2.75, 3.05) is 30.1 Å². The molecule has 0 amide bonds. The fourth-order valence-corrected chi connectivity index (χ4v) is 2.62. The predicted octanol–water partition coefficient (Wildman–Crippen LogP) is 2.82. The molecule has 0 aromatic heterocycles. The Morgan fingerprint density at radius 2 is 2.19 bits per heavy atom. The summed E-state index contributed by atoms with van der Waals surface area (Å²) in [5.41, 5.74) is 7.77. The zero-order valence-corrected chi connectivity index (χ0v) is 11.9. The van der Waals surface area contributed by atoms with Crippen LogP contribution < -0.4 is 11.1 Å². The molecular weight excluding hydrogens is 256 g/mol. The average Bonchev–Trinajstić information content (AvgIpc) is 2.28. The Hall–Kier alpha value is -0.390. The molecule has 2 nitrogen and oxygen atoms in total. The van der Waals surface area contributed by atoms with Crippen LogP contribution >= 0.6 is 35.7 Å². The number of hydrogen-bond acceptors (Lipinski definition) is 4. The van der Waals surface area contributed by atoms with Gasteiger partial charge in [0.25, 0.3) is 0 Å². The van der Waals surface area contributed by atoms with E-state index in [0.29, 0.717) is 4.99 Å². The molecule has 0 heterocycles. The van der Waals surface area contributed by atoms with E-state index in [4.69, 9.17) is 18.0 Å². The van der Waals surface area contributed by atoms with Gasteiger partial charge in [0.05, 0.1) is 0 Å². The predicted molar refractivity (Wildman–Crippen MR) is 81.0 cm³/mol. The summed E-state index contributed by atoms with van der Waals surface area (Å²) in [6.07, 6.45) is 4.12. The van der Waals surface area contributed by atoms with E-state index in [2.05, 4.69) is 11.6 Å². The summed E-state index contributed by atoms with van der Waals surface area (Å²) in [4.78, 5) is 1.58. The molecule has 0 spiro atoms. The molecule has 0 saturated heterocycles. The van der Waals surface area contributed by atoms with Crippen LogP contribution in [0.4, 0.5) is 5.69 Å². The first kappa shape index (κ1) is 13.7. The van der Waals surface area contributed by atoms with Crippen LogP contribution in [0.3, 0.4) is 0 Å². The first-order chi connectivity index (χ1) is 7.70. The maximum atomic E-state index is 5.77. The SMILES string of the molecule is CSCCNc1cccc(SC)c1C(N)=S. The van der Waals surface area contributed by atoms with Crippen molar-refractivity contribution in [2.45, 2.75) is 4.90 Å². The normalized spacial score (nSPS) is 10.1. The fourth-order valence-electron chi connectivity index (χ4n) is 1.39. The number of nitrogens with two attached hydrogens (primary N) is 1. The van der Waals surface area contributed by atoms with Crippen LogP contribution in [0.15, 0.2) is 23.1 Å². The maximum absolute atomic E-state index is 5.77. The second kappa shape index (κ2) is 7.04. The number of rotatable bonds is 6. The van der Waals surface area contributed by atoms with E-state index < -0.39 is 0 Å². The van der Waals surface area contributed by atoms with E-state index in [9.17, 15) is 0 Å². The minimum atomic E-state index is 0.455. The molecule has 1 aromatic rings. The molecule has 0 unspecified atom stereocenters. The molecule has 88 valence electrons. The second-order valence-corrected chi connectivity index (χ2v) is 5.44. The molecule has 0 aliphatic carbocycles. The van der Waals surface area contributed by atoms with Crippen LogP contribution in [0.5, 0.6) is 0 Å². The van der Waals surface area contributed by atoms with Crippen LogP contribution in [-0.2, 0) is 0 Å². The third-order valence-corrected chi connectivity index (χ3v) is 3.71. The highest BCUT2D eigenvalue weighted by Crippen LogP contribution is 2.26. The molecular formula is C11H16N2S3. The monoisotopic (exact) mass is 272 g/mol. The smallest absolute Gasteiger partial charge is 0.107 e. The Balaban J connectivity index is 2.93. The van der Waals surface area contributed by atoms with Crippen LogP contribution in [0.1, 0.15) is 5.56 Å². The lowest BCUT2D eigenvalue weighted by Gasteiger charge is -2.13. The molecule has 0 saturated carbocycles. The van der Waals surface area contributed by atoms with Gasteiger partial charge in [-0.3, -0.25) is 0 Å². The summed E-state index contributed by atoms with van der Waals surface area (Å²) in [7, 11) is 0. The minimum absolute atomic E-state index is 0.455. The number of benzene rings is 1. The Labute approximate surface area is 111 Å². The minimum Gasteiger partial charge on any atom is -0.389 e. The standard InChI is InChI=1S/C11H16N2S3/c1-15-7-6-13-8-4-3-5-9(16-2)10(8)11(12)14/h3-5,13H,6-7H2,1-2H3,(H2,12,14). The summed E-state index contributed by atoms with van der Waals surface area (Å²) in [6, 6.07) is 6.09. The van der Waals surface area contributed by atoms with Crippen molar-refractivity contribution in [2.24, 2.45) is 5.73 Å². The Morgan fingerprint density at radius 3 is 2.75 bits per heavy atom. The molecule has 0 aliphatic heterocycles. The highest BCUT2D eigenvalue weighted by Gasteiger charge is 2.09. The van der Waals surface area contributed by atoms with Crippen LogP contribution in [-0.4, -0.2) is 29.8 Å². The molecule has 5 heteroatoms. The fraction of sp³-hybridized carbons (Fsp3) is 0.364. The van der Waals surface area contributed by atoms with E-state index in [0.717, 1.165) is 28.4 Å². The van der Waals surface area contributed by atoms with Crippen LogP contribution in [0, 0.1) is 0 Å². The molecule has 1 rings (SSSR count). The summed E-state index contributed by atoms with van der Waals surface area (Å²) in [5, 5.41) is 3.37. The molecule has 1 aromatic carbocycles. The van der Waals surface area contributed by atoms with Gasteiger partial charge < -0.3 is 11.1 Å². The highest BCUT2D eigenvalue weighted by atomic mass is 32.2. The summed E-state index contributed by atoms with van der Waals surface area (Å²) in [6.45, 7) is 0.925. The van der Waals surface area contributed by atoms with E-state index in [-0.39, 0.29) is 0 Å². The quantitative estimate of drug-likeness (QED) is 0.473. The number of anilines is 1. The zero-order chi connectivity index (χ0) is 12.0. The van der Waals surface area contributed by atoms with Gasteiger partial charge in [-0.25, -0.2) is 0 Å². The number of nitrogens with one attached hydrogen (secondary N) is 1. The second-order valence-electron chi connectivity index (χ2n) is 3.17. The number of hydrogen-bond donors (Lipinski definition) is 2. The van der Waals surface area contributed by atoms with Gasteiger partial charge in [-0.2, -0.15) is 11.8 Å². The van der Waals surface area contributed by atoms with Gasteiger partial charge in [0.1, 0.15) is 4.99 Å². The van der Waals surface area contributed by atoms with Crippen molar-refractivity contribution < 1.29 is 0 Å². The van der Waals surface area contributed by atoms with Crippen molar-refractivity contribution in [3.05, 3.63) is 23.8 Å². The average molecular weight is 272 g/mol. The van der Waals surface area contributed by atoms with Gasteiger partial charge in [0.15, 0.2) is 0 Å². The molecule has 0 bridgehead atoms. The third kappa shape index (κ3) is 3.57. The van der Waals surface area contributed by atoms with Crippen molar-refractivity contribution in [1.29, 1.82) is 0 Å². The van der Waals surface area contributed by atoms with E-state index in [1.807, 2.05) is 36.2 Å². The third-order valence-electron chi connectivity index (χ3n) is 2.11. The van der Waals surface area contributed by atoms with Gasteiger partial charge in [-0.15, -0.1) is 11.8 Å². The van der Waals surface area contributed by atoms with Gasteiger partial charge in [-0.05, 0) is 24.6 Å². The molecule has 0 aliphatic rings. The number of thioether (sulfide) groups is 2. The first-order valence-corrected chi connectivity index (χ1v) is 7.93. The first-order valence-electron chi connectivity index (χ1n) is 4.90.